The first-order valence-electron chi connectivity index (χ1n) is 4.39. The van der Waals surface area contributed by atoms with Gasteiger partial charge in [0.2, 0.25) is 0 Å². The van der Waals surface area contributed by atoms with Gasteiger partial charge in [0.15, 0.2) is 5.88 Å². The van der Waals surface area contributed by atoms with E-state index in [1.807, 2.05) is 6.08 Å². The van der Waals surface area contributed by atoms with Crippen LogP contribution in [0.2, 0.25) is 0 Å². The Morgan fingerprint density at radius 1 is 1.83 bits per heavy atom. The fourth-order valence-corrected chi connectivity index (χ4v) is 1.05. The van der Waals surface area contributed by atoms with E-state index in [4.69, 9.17) is 4.74 Å². The average Bonchev–Trinajstić information content (AvgIpc) is 2.03. The maximum Gasteiger partial charge on any atom is 0.182 e. The van der Waals surface area contributed by atoms with E-state index in [0.717, 1.165) is 18.8 Å². The molecule has 0 aliphatic carbocycles. The van der Waals surface area contributed by atoms with Crippen LogP contribution in [0, 0.1) is 5.92 Å². The van der Waals surface area contributed by atoms with Gasteiger partial charge in [-0.2, -0.15) is 0 Å². The van der Waals surface area contributed by atoms with Gasteiger partial charge in [0, 0.05) is 6.54 Å². The van der Waals surface area contributed by atoms with Crippen LogP contribution in [-0.2, 0) is 4.74 Å². The van der Waals surface area contributed by atoms with Crippen molar-refractivity contribution >= 4 is 0 Å². The second kappa shape index (κ2) is 4.33. The van der Waals surface area contributed by atoms with Gasteiger partial charge >= 0.3 is 0 Å². The van der Waals surface area contributed by atoms with Crippen molar-refractivity contribution < 1.29 is 9.13 Å². The summed E-state index contributed by atoms with van der Waals surface area (Å²) >= 11 is 0. The highest BCUT2D eigenvalue weighted by atomic mass is 19.1. The van der Waals surface area contributed by atoms with E-state index in [1.165, 1.54) is 6.92 Å². The fraction of sp³-hybridized carbons (Fsp3) is 0.778. The molecule has 0 aromatic heterocycles. The van der Waals surface area contributed by atoms with Gasteiger partial charge in [-0.3, -0.25) is 0 Å². The number of alkyl halides is 1. The molecule has 0 saturated heterocycles. The molecule has 0 aromatic rings. The third kappa shape index (κ3) is 3.11. The SMILES string of the molecule is CC(F)COC1=CCC(C)CN1. The van der Waals surface area contributed by atoms with Crippen molar-refractivity contribution in [2.75, 3.05) is 13.2 Å². The number of nitrogens with one attached hydrogen (secondary N) is 1. The normalized spacial score (nSPS) is 25.6. The molecular formula is C9H16FNO. The minimum Gasteiger partial charge on any atom is -0.476 e. The summed E-state index contributed by atoms with van der Waals surface area (Å²) in [7, 11) is 0. The molecule has 70 valence electrons. The van der Waals surface area contributed by atoms with Crippen molar-refractivity contribution in [3.05, 3.63) is 12.0 Å². The molecule has 0 spiro atoms. The first kappa shape index (κ1) is 9.36. The van der Waals surface area contributed by atoms with Crippen LogP contribution in [0.1, 0.15) is 20.3 Å². The standard InChI is InChI=1S/C9H16FNO/c1-7-3-4-9(11-5-7)12-6-8(2)10/h4,7-8,11H,3,5-6H2,1-2H3. The average molecular weight is 173 g/mol. The van der Waals surface area contributed by atoms with E-state index in [9.17, 15) is 4.39 Å². The molecule has 12 heavy (non-hydrogen) atoms. The number of hydrogen-bond acceptors (Lipinski definition) is 2. The monoisotopic (exact) mass is 173 g/mol. The first-order chi connectivity index (χ1) is 5.68. The zero-order chi connectivity index (χ0) is 8.97. The van der Waals surface area contributed by atoms with Gasteiger partial charge < -0.3 is 10.1 Å². The molecule has 1 aliphatic rings. The Morgan fingerprint density at radius 2 is 2.58 bits per heavy atom. The molecule has 2 atom stereocenters. The Labute approximate surface area is 72.8 Å². The van der Waals surface area contributed by atoms with Crippen molar-refractivity contribution in [2.24, 2.45) is 5.92 Å². The van der Waals surface area contributed by atoms with Crippen molar-refractivity contribution in [3.63, 3.8) is 0 Å². The minimum absolute atomic E-state index is 0.146. The molecule has 1 N–H and O–H groups in total. The van der Waals surface area contributed by atoms with Crippen LogP contribution in [0.25, 0.3) is 0 Å². The smallest absolute Gasteiger partial charge is 0.182 e. The molecule has 0 aromatic carbocycles. The quantitative estimate of drug-likeness (QED) is 0.703. The van der Waals surface area contributed by atoms with Crippen LogP contribution in [0.5, 0.6) is 0 Å². The first-order valence-corrected chi connectivity index (χ1v) is 4.39. The molecular weight excluding hydrogens is 157 g/mol. The number of rotatable bonds is 3. The molecule has 1 aliphatic heterocycles. The van der Waals surface area contributed by atoms with E-state index in [2.05, 4.69) is 12.2 Å². The topological polar surface area (TPSA) is 21.3 Å². The summed E-state index contributed by atoms with van der Waals surface area (Å²) in [6.07, 6.45) is 2.10. The Kier molecular flexibility index (Phi) is 3.38. The summed E-state index contributed by atoms with van der Waals surface area (Å²) in [5.74, 6) is 1.39. The highest BCUT2D eigenvalue weighted by Crippen LogP contribution is 2.11. The van der Waals surface area contributed by atoms with Crippen LogP contribution in [0.4, 0.5) is 4.39 Å². The van der Waals surface area contributed by atoms with Crippen molar-refractivity contribution in [1.29, 1.82) is 0 Å². The van der Waals surface area contributed by atoms with Gasteiger partial charge in [-0.1, -0.05) is 6.92 Å². The van der Waals surface area contributed by atoms with E-state index >= 15 is 0 Å². The highest BCUT2D eigenvalue weighted by molar-refractivity contribution is 4.96. The summed E-state index contributed by atoms with van der Waals surface area (Å²) in [5, 5.41) is 3.10. The Hall–Kier alpha value is -0.730. The highest BCUT2D eigenvalue weighted by Gasteiger charge is 2.10. The molecule has 2 nitrogen and oxygen atoms in total. The lowest BCUT2D eigenvalue weighted by atomic mass is 10.1. The lowest BCUT2D eigenvalue weighted by molar-refractivity contribution is 0.124. The Balaban J connectivity index is 2.24. The molecule has 2 unspecified atom stereocenters. The molecule has 0 fully saturated rings. The van der Waals surface area contributed by atoms with E-state index in [1.54, 1.807) is 0 Å². The summed E-state index contributed by atoms with van der Waals surface area (Å²) in [6, 6.07) is 0. The maximum atomic E-state index is 12.4. The zero-order valence-corrected chi connectivity index (χ0v) is 7.64. The number of ether oxygens (including phenoxy) is 1. The van der Waals surface area contributed by atoms with E-state index in [-0.39, 0.29) is 6.61 Å². The van der Waals surface area contributed by atoms with Crippen molar-refractivity contribution in [3.8, 4) is 0 Å². The fourth-order valence-electron chi connectivity index (χ4n) is 1.05. The Morgan fingerprint density at radius 3 is 3.08 bits per heavy atom. The van der Waals surface area contributed by atoms with Crippen LogP contribution >= 0.6 is 0 Å². The molecule has 0 saturated carbocycles. The van der Waals surface area contributed by atoms with Gasteiger partial charge in [-0.25, -0.2) is 4.39 Å². The lowest BCUT2D eigenvalue weighted by Gasteiger charge is -2.20. The predicted octanol–water partition coefficient (Wildman–Crippen LogP) is 1.83. The predicted molar refractivity (Wildman–Crippen MR) is 46.4 cm³/mol. The molecule has 1 rings (SSSR count). The van der Waals surface area contributed by atoms with Gasteiger partial charge in [-0.15, -0.1) is 0 Å². The third-order valence-electron chi connectivity index (χ3n) is 1.80. The van der Waals surface area contributed by atoms with Gasteiger partial charge in [0.1, 0.15) is 12.8 Å². The van der Waals surface area contributed by atoms with Crippen LogP contribution in [0.15, 0.2) is 12.0 Å². The van der Waals surface area contributed by atoms with E-state index < -0.39 is 6.17 Å². The van der Waals surface area contributed by atoms with Crippen molar-refractivity contribution in [1.82, 2.24) is 5.32 Å². The van der Waals surface area contributed by atoms with E-state index in [0.29, 0.717) is 5.92 Å². The summed E-state index contributed by atoms with van der Waals surface area (Å²) < 4.78 is 17.5. The van der Waals surface area contributed by atoms with Crippen molar-refractivity contribution in [2.45, 2.75) is 26.4 Å². The zero-order valence-electron chi connectivity index (χ0n) is 7.64. The summed E-state index contributed by atoms with van der Waals surface area (Å²) in [6.45, 7) is 4.73. The second-order valence-electron chi connectivity index (χ2n) is 3.38. The van der Waals surface area contributed by atoms with Gasteiger partial charge in [0.25, 0.3) is 0 Å². The molecule has 1 heterocycles. The third-order valence-corrected chi connectivity index (χ3v) is 1.80. The molecule has 0 radical (unpaired) electrons. The molecule has 0 amide bonds. The maximum absolute atomic E-state index is 12.4. The lowest BCUT2D eigenvalue weighted by Crippen LogP contribution is -2.27. The second-order valence-corrected chi connectivity index (χ2v) is 3.38. The summed E-state index contributed by atoms with van der Waals surface area (Å²) in [5.41, 5.74) is 0. The minimum atomic E-state index is -0.896. The van der Waals surface area contributed by atoms with Crippen LogP contribution < -0.4 is 5.32 Å². The van der Waals surface area contributed by atoms with Crippen LogP contribution in [-0.4, -0.2) is 19.3 Å². The molecule has 3 heteroatoms. The Bertz CT molecular complexity index is 168. The summed E-state index contributed by atoms with van der Waals surface area (Å²) in [4.78, 5) is 0. The molecule has 0 bridgehead atoms. The number of hydrogen-bond donors (Lipinski definition) is 1. The van der Waals surface area contributed by atoms with Gasteiger partial charge in [0.05, 0.1) is 0 Å². The van der Waals surface area contributed by atoms with Crippen LogP contribution in [0.3, 0.4) is 0 Å². The number of halogens is 1. The number of allylic oxidation sites excluding steroid dienone is 1. The van der Waals surface area contributed by atoms with Gasteiger partial charge in [-0.05, 0) is 25.3 Å². The largest absolute Gasteiger partial charge is 0.476 e.